The zero-order chi connectivity index (χ0) is 11.4. The van der Waals surface area contributed by atoms with E-state index in [1.165, 1.54) is 14.7 Å². The lowest BCUT2D eigenvalue weighted by Crippen LogP contribution is -1.94. The second kappa shape index (κ2) is 5.46. The Labute approximate surface area is 104 Å². The van der Waals surface area contributed by atoms with Crippen LogP contribution in [0.2, 0.25) is 0 Å². The van der Waals surface area contributed by atoms with Crippen LogP contribution in [0.15, 0.2) is 69.3 Å². The Kier molecular flexibility index (Phi) is 3.97. The van der Waals surface area contributed by atoms with E-state index in [0.717, 1.165) is 0 Å². The highest BCUT2D eigenvalue weighted by molar-refractivity contribution is 7.99. The first-order chi connectivity index (χ1) is 7.75. The summed E-state index contributed by atoms with van der Waals surface area (Å²) in [7, 11) is 0.357. The molecule has 2 heteroatoms. The molecule has 0 atom stereocenters. The van der Waals surface area contributed by atoms with E-state index in [1.54, 1.807) is 0 Å². The van der Waals surface area contributed by atoms with E-state index in [2.05, 4.69) is 61.0 Å². The highest BCUT2D eigenvalue weighted by atomic mass is 32.2. The fourth-order valence-electron chi connectivity index (χ4n) is 1.40. The van der Waals surface area contributed by atoms with Crippen molar-refractivity contribution in [2.24, 2.45) is 0 Å². The summed E-state index contributed by atoms with van der Waals surface area (Å²) in [5, 5.41) is 0. The molecule has 2 aromatic carbocycles. The quantitative estimate of drug-likeness (QED) is 0.737. The molecule has 0 aliphatic heterocycles. The molecule has 0 nitrogen and oxygen atoms in total. The van der Waals surface area contributed by atoms with E-state index in [1.807, 2.05) is 17.8 Å². The minimum atomic E-state index is 0.357. The van der Waals surface area contributed by atoms with Crippen LogP contribution in [0.4, 0.5) is 0 Å². The first-order valence-electron chi connectivity index (χ1n) is 5.16. The normalized spacial score (nSPS) is 10.7. The van der Waals surface area contributed by atoms with Crippen LogP contribution in [-0.2, 0) is 10.9 Å². The lowest BCUT2D eigenvalue weighted by Gasteiger charge is -2.02. The van der Waals surface area contributed by atoms with Gasteiger partial charge in [-0.25, -0.2) is 0 Å². The third-order valence-corrected chi connectivity index (χ3v) is 4.50. The van der Waals surface area contributed by atoms with Crippen LogP contribution < -0.4 is 0 Å². The molecule has 0 fully saturated rings. The SMILES string of the molecule is C[S+](C)c1ccc(Sc2ccccc2)cc1. The van der Waals surface area contributed by atoms with Crippen molar-refractivity contribution in [3.63, 3.8) is 0 Å². The van der Waals surface area contributed by atoms with E-state index >= 15 is 0 Å². The van der Waals surface area contributed by atoms with Gasteiger partial charge >= 0.3 is 0 Å². The van der Waals surface area contributed by atoms with E-state index in [4.69, 9.17) is 0 Å². The molecule has 0 bridgehead atoms. The molecular weight excluding hydrogens is 232 g/mol. The molecule has 0 aliphatic carbocycles. The maximum absolute atomic E-state index is 2.25. The van der Waals surface area contributed by atoms with Gasteiger partial charge in [-0.3, -0.25) is 0 Å². The highest BCUT2D eigenvalue weighted by Crippen LogP contribution is 2.27. The van der Waals surface area contributed by atoms with Crippen LogP contribution in [0.25, 0.3) is 0 Å². The zero-order valence-corrected chi connectivity index (χ0v) is 11.1. The topological polar surface area (TPSA) is 0 Å². The average Bonchev–Trinajstić information content (AvgIpc) is 2.31. The number of hydrogen-bond donors (Lipinski definition) is 0. The molecule has 16 heavy (non-hydrogen) atoms. The summed E-state index contributed by atoms with van der Waals surface area (Å²) < 4.78 is 0. The Morgan fingerprint density at radius 2 is 1.31 bits per heavy atom. The zero-order valence-electron chi connectivity index (χ0n) is 9.51. The van der Waals surface area contributed by atoms with Gasteiger partial charge in [0.15, 0.2) is 4.90 Å². The van der Waals surface area contributed by atoms with Crippen LogP contribution in [-0.4, -0.2) is 12.5 Å². The van der Waals surface area contributed by atoms with Crippen molar-refractivity contribution < 1.29 is 0 Å². The first kappa shape index (κ1) is 11.6. The van der Waals surface area contributed by atoms with Gasteiger partial charge in [-0.1, -0.05) is 30.0 Å². The maximum atomic E-state index is 2.25. The van der Waals surface area contributed by atoms with Crippen molar-refractivity contribution in [2.75, 3.05) is 12.5 Å². The summed E-state index contributed by atoms with van der Waals surface area (Å²) in [5.41, 5.74) is 0. The van der Waals surface area contributed by atoms with Gasteiger partial charge in [-0.15, -0.1) is 0 Å². The summed E-state index contributed by atoms with van der Waals surface area (Å²) in [6.07, 6.45) is 4.50. The molecule has 0 spiro atoms. The van der Waals surface area contributed by atoms with Crippen molar-refractivity contribution in [3.05, 3.63) is 54.6 Å². The minimum absolute atomic E-state index is 0.357. The Hall–Kier alpha value is -0.860. The van der Waals surface area contributed by atoms with E-state index in [-0.39, 0.29) is 0 Å². The van der Waals surface area contributed by atoms with E-state index in [0.29, 0.717) is 10.9 Å². The monoisotopic (exact) mass is 247 g/mol. The predicted octanol–water partition coefficient (Wildman–Crippen LogP) is 4.07. The van der Waals surface area contributed by atoms with Crippen LogP contribution >= 0.6 is 11.8 Å². The van der Waals surface area contributed by atoms with Crippen LogP contribution in [0.3, 0.4) is 0 Å². The van der Waals surface area contributed by atoms with E-state index < -0.39 is 0 Å². The molecule has 0 heterocycles. The first-order valence-corrected chi connectivity index (χ1v) is 8.02. The second-order valence-electron chi connectivity index (χ2n) is 3.70. The lowest BCUT2D eigenvalue weighted by atomic mass is 10.4. The van der Waals surface area contributed by atoms with Gasteiger partial charge in [0.05, 0.1) is 0 Å². The van der Waals surface area contributed by atoms with Crippen LogP contribution in [0.1, 0.15) is 0 Å². The van der Waals surface area contributed by atoms with Gasteiger partial charge in [0.25, 0.3) is 0 Å². The molecule has 0 saturated heterocycles. The molecule has 2 aromatic rings. The van der Waals surface area contributed by atoms with Gasteiger partial charge in [0.1, 0.15) is 12.5 Å². The molecule has 0 unspecified atom stereocenters. The summed E-state index contributed by atoms with van der Waals surface area (Å²) in [6, 6.07) is 19.4. The number of hydrogen-bond acceptors (Lipinski definition) is 1. The van der Waals surface area contributed by atoms with Gasteiger partial charge in [-0.2, -0.15) is 0 Å². The smallest absolute Gasteiger partial charge is 0.0901 e. The maximum Gasteiger partial charge on any atom is 0.154 e. The fourth-order valence-corrected chi connectivity index (χ4v) is 2.92. The average molecular weight is 247 g/mol. The van der Waals surface area contributed by atoms with E-state index in [9.17, 15) is 0 Å². The van der Waals surface area contributed by atoms with Crippen molar-refractivity contribution >= 4 is 22.7 Å². The molecule has 0 saturated carbocycles. The minimum Gasteiger partial charge on any atom is -0.0901 e. The number of benzene rings is 2. The highest BCUT2D eigenvalue weighted by Gasteiger charge is 2.07. The van der Waals surface area contributed by atoms with Crippen molar-refractivity contribution in [3.8, 4) is 0 Å². The summed E-state index contributed by atoms with van der Waals surface area (Å²) in [6.45, 7) is 0. The second-order valence-corrected chi connectivity index (χ2v) is 6.95. The van der Waals surface area contributed by atoms with Crippen molar-refractivity contribution in [1.82, 2.24) is 0 Å². The molecule has 0 amide bonds. The third kappa shape index (κ3) is 3.06. The summed E-state index contributed by atoms with van der Waals surface area (Å²) in [4.78, 5) is 4.03. The Morgan fingerprint density at radius 1 is 0.750 bits per heavy atom. The van der Waals surface area contributed by atoms with Crippen molar-refractivity contribution in [2.45, 2.75) is 14.7 Å². The molecule has 2 rings (SSSR count). The van der Waals surface area contributed by atoms with Gasteiger partial charge < -0.3 is 0 Å². The molecule has 0 radical (unpaired) electrons. The molecule has 0 N–H and O–H groups in total. The Balaban J connectivity index is 2.11. The molecule has 0 aromatic heterocycles. The van der Waals surface area contributed by atoms with Gasteiger partial charge in [-0.05, 0) is 36.4 Å². The lowest BCUT2D eigenvalue weighted by molar-refractivity contribution is 1.33. The standard InChI is InChI=1S/C14H15S2/c1-16(2)14-10-8-13(9-11-14)15-12-6-4-3-5-7-12/h3-11H,1-2H3/q+1. The third-order valence-electron chi connectivity index (χ3n) is 2.27. The molecule has 0 aliphatic rings. The Bertz CT molecular complexity index is 432. The Morgan fingerprint density at radius 3 is 1.88 bits per heavy atom. The summed E-state index contributed by atoms with van der Waals surface area (Å²) >= 11 is 1.81. The van der Waals surface area contributed by atoms with Gasteiger partial charge in [0.2, 0.25) is 0 Å². The fraction of sp³-hybridized carbons (Fsp3) is 0.143. The predicted molar refractivity (Wildman–Crippen MR) is 74.5 cm³/mol. The molecule has 82 valence electrons. The molecular formula is C14H15S2+. The van der Waals surface area contributed by atoms with Crippen LogP contribution in [0.5, 0.6) is 0 Å². The van der Waals surface area contributed by atoms with Crippen LogP contribution in [0, 0.1) is 0 Å². The van der Waals surface area contributed by atoms with Crippen molar-refractivity contribution in [1.29, 1.82) is 0 Å². The summed E-state index contributed by atoms with van der Waals surface area (Å²) in [5.74, 6) is 0. The largest absolute Gasteiger partial charge is 0.154 e. The number of rotatable bonds is 3. The van der Waals surface area contributed by atoms with Gasteiger partial charge in [0, 0.05) is 20.7 Å².